The van der Waals surface area contributed by atoms with E-state index in [0.29, 0.717) is 5.56 Å². The second kappa shape index (κ2) is 7.61. The van der Waals surface area contributed by atoms with Gasteiger partial charge in [-0.15, -0.1) is 11.3 Å². The molecule has 2 unspecified atom stereocenters. The van der Waals surface area contributed by atoms with Gasteiger partial charge in [-0.1, -0.05) is 12.1 Å². The molecule has 2 atom stereocenters. The Hall–Kier alpha value is -1.81. The summed E-state index contributed by atoms with van der Waals surface area (Å²) in [5.74, 6) is 0. The molecule has 4 nitrogen and oxygen atoms in total. The van der Waals surface area contributed by atoms with Crippen molar-refractivity contribution in [3.63, 3.8) is 0 Å². The van der Waals surface area contributed by atoms with Crippen LogP contribution in [0.2, 0.25) is 0 Å². The van der Waals surface area contributed by atoms with Crippen LogP contribution in [0.1, 0.15) is 44.6 Å². The van der Waals surface area contributed by atoms with Gasteiger partial charge in [-0.3, -0.25) is 0 Å². The zero-order valence-corrected chi connectivity index (χ0v) is 16.5. The van der Waals surface area contributed by atoms with Crippen molar-refractivity contribution < 1.29 is 9.00 Å². The molecular formula is C19H22N2O2S2. The molecule has 6 heteroatoms. The lowest BCUT2D eigenvalue weighted by Gasteiger charge is -2.31. The maximum atomic E-state index is 12.5. The highest BCUT2D eigenvalue weighted by molar-refractivity contribution is 7.84. The van der Waals surface area contributed by atoms with E-state index in [1.165, 1.54) is 11.3 Å². The minimum Gasteiger partial charge on any atom is -0.303 e. The molecule has 1 N–H and O–H groups in total. The molecule has 0 bridgehead atoms. The molecule has 0 saturated heterocycles. The van der Waals surface area contributed by atoms with E-state index in [1.807, 2.05) is 57.3 Å². The second-order valence-electron chi connectivity index (χ2n) is 7.08. The molecule has 0 aliphatic carbocycles. The van der Waals surface area contributed by atoms with E-state index < -0.39 is 21.3 Å². The lowest BCUT2D eigenvalue weighted by Crippen LogP contribution is -2.46. The van der Waals surface area contributed by atoms with Gasteiger partial charge in [0.1, 0.15) is 6.29 Å². The van der Waals surface area contributed by atoms with Crippen molar-refractivity contribution in [2.45, 2.75) is 44.4 Å². The summed E-state index contributed by atoms with van der Waals surface area (Å²) in [7, 11) is -1.29. The first-order chi connectivity index (χ1) is 11.7. The third kappa shape index (κ3) is 4.63. The number of carbonyl (C=O) groups is 1. The molecule has 0 saturated carbocycles. The smallest absolute Gasteiger partial charge is 0.122 e. The van der Waals surface area contributed by atoms with Gasteiger partial charge in [0.25, 0.3) is 0 Å². The maximum absolute atomic E-state index is 12.5. The Morgan fingerprint density at radius 3 is 2.56 bits per heavy atom. The van der Waals surface area contributed by atoms with Gasteiger partial charge in [0.15, 0.2) is 0 Å². The van der Waals surface area contributed by atoms with Crippen molar-refractivity contribution in [3.8, 4) is 17.2 Å². The van der Waals surface area contributed by atoms with Crippen LogP contribution in [-0.4, -0.2) is 15.2 Å². The normalized spacial score (nSPS) is 15.2. The van der Waals surface area contributed by atoms with Gasteiger partial charge in [0.05, 0.1) is 32.9 Å². The maximum Gasteiger partial charge on any atom is 0.122 e. The molecule has 0 spiro atoms. The zero-order chi connectivity index (χ0) is 18.7. The van der Waals surface area contributed by atoms with E-state index >= 15 is 0 Å². The Kier molecular flexibility index (Phi) is 5.94. The van der Waals surface area contributed by atoms with Crippen LogP contribution in [0.15, 0.2) is 35.7 Å². The van der Waals surface area contributed by atoms with Crippen molar-refractivity contribution >= 4 is 28.6 Å². The minimum absolute atomic E-state index is 0.229. The largest absolute Gasteiger partial charge is 0.303 e. The van der Waals surface area contributed by atoms with Crippen LogP contribution in [0.25, 0.3) is 11.1 Å². The van der Waals surface area contributed by atoms with Crippen molar-refractivity contribution in [1.82, 2.24) is 4.72 Å². The summed E-state index contributed by atoms with van der Waals surface area (Å²) in [6.45, 7) is 7.58. The Morgan fingerprint density at radius 1 is 1.24 bits per heavy atom. The quantitative estimate of drug-likeness (QED) is 0.773. The summed E-state index contributed by atoms with van der Waals surface area (Å²) >= 11 is 1.52. The molecule has 1 aromatic heterocycles. The van der Waals surface area contributed by atoms with Crippen LogP contribution in [0.3, 0.4) is 0 Å². The van der Waals surface area contributed by atoms with Crippen molar-refractivity contribution in [2.24, 2.45) is 0 Å². The van der Waals surface area contributed by atoms with Gasteiger partial charge < -0.3 is 4.79 Å². The molecule has 0 aliphatic rings. The second-order valence-corrected chi connectivity index (χ2v) is 9.96. The Morgan fingerprint density at radius 2 is 1.96 bits per heavy atom. The fourth-order valence-electron chi connectivity index (χ4n) is 2.26. The molecule has 1 heterocycles. The van der Waals surface area contributed by atoms with Gasteiger partial charge in [-0.25, -0.2) is 8.93 Å². The number of hydrogen-bond donors (Lipinski definition) is 1. The zero-order valence-electron chi connectivity index (χ0n) is 14.8. The first-order valence-electron chi connectivity index (χ1n) is 7.92. The monoisotopic (exact) mass is 374 g/mol. The first-order valence-corrected chi connectivity index (χ1v) is 9.95. The van der Waals surface area contributed by atoms with E-state index in [9.17, 15) is 9.00 Å². The highest BCUT2D eigenvalue weighted by Gasteiger charge is 2.33. The molecule has 1 aromatic carbocycles. The van der Waals surface area contributed by atoms with Crippen LogP contribution in [0, 0.1) is 11.3 Å². The molecule has 0 fully saturated rings. The summed E-state index contributed by atoms with van der Waals surface area (Å²) in [5, 5.41) is 11.1. The van der Waals surface area contributed by atoms with E-state index in [1.54, 1.807) is 6.07 Å². The Bertz CT molecular complexity index is 830. The standard InChI is InChI=1S/C19H22N2O2S2/c1-18(2,3)25(23)21-19(4,8-9-22)17-11-16(13-24-17)15-7-5-6-14(10-15)12-20/h5-7,9-11,13,21H,8H2,1-4H3. The Balaban J connectivity index is 2.37. The molecule has 0 aliphatic heterocycles. The number of benzene rings is 1. The summed E-state index contributed by atoms with van der Waals surface area (Å²) in [6.07, 6.45) is 1.08. The van der Waals surface area contributed by atoms with E-state index in [2.05, 4.69) is 10.8 Å². The van der Waals surface area contributed by atoms with E-state index in [0.717, 1.165) is 22.3 Å². The number of carbonyl (C=O) groups excluding carboxylic acids is 1. The molecular weight excluding hydrogens is 352 g/mol. The number of nitriles is 1. The third-order valence-corrected chi connectivity index (χ3v) is 6.78. The molecule has 0 radical (unpaired) electrons. The minimum atomic E-state index is -1.29. The van der Waals surface area contributed by atoms with Gasteiger partial charge in [0, 0.05) is 11.3 Å². The van der Waals surface area contributed by atoms with Gasteiger partial charge in [0.2, 0.25) is 0 Å². The number of hydrogen-bond acceptors (Lipinski definition) is 4. The molecule has 2 aromatic rings. The lowest BCUT2D eigenvalue weighted by molar-refractivity contribution is -0.108. The predicted molar refractivity (Wildman–Crippen MR) is 104 cm³/mol. The molecule has 0 amide bonds. The number of thiophene rings is 1. The highest BCUT2D eigenvalue weighted by atomic mass is 32.2. The van der Waals surface area contributed by atoms with E-state index in [4.69, 9.17) is 5.26 Å². The summed E-state index contributed by atoms with van der Waals surface area (Å²) < 4.78 is 15.3. The van der Waals surface area contributed by atoms with E-state index in [-0.39, 0.29) is 6.42 Å². The number of nitrogens with one attached hydrogen (secondary N) is 1. The third-order valence-electron chi connectivity index (χ3n) is 3.83. The van der Waals surface area contributed by atoms with Crippen LogP contribution in [0.4, 0.5) is 0 Å². The fourth-order valence-corrected chi connectivity index (χ4v) is 4.28. The predicted octanol–water partition coefficient (Wildman–Crippen LogP) is 4.14. The topological polar surface area (TPSA) is 70.0 Å². The van der Waals surface area contributed by atoms with Crippen LogP contribution < -0.4 is 4.72 Å². The van der Waals surface area contributed by atoms with Crippen LogP contribution >= 0.6 is 11.3 Å². The lowest BCUT2D eigenvalue weighted by atomic mass is 9.96. The average molecular weight is 375 g/mol. The Labute approximate surface area is 155 Å². The number of aldehydes is 1. The first kappa shape index (κ1) is 19.5. The van der Waals surface area contributed by atoms with Gasteiger partial charge >= 0.3 is 0 Å². The van der Waals surface area contributed by atoms with Crippen molar-refractivity contribution in [3.05, 3.63) is 46.2 Å². The summed E-state index contributed by atoms with van der Waals surface area (Å²) in [4.78, 5) is 12.2. The summed E-state index contributed by atoms with van der Waals surface area (Å²) in [6, 6.07) is 11.5. The van der Waals surface area contributed by atoms with Gasteiger partial charge in [-0.05, 0) is 62.4 Å². The summed E-state index contributed by atoms with van der Waals surface area (Å²) in [5.41, 5.74) is 1.84. The molecule has 2 rings (SSSR count). The van der Waals surface area contributed by atoms with Crippen molar-refractivity contribution in [2.75, 3.05) is 0 Å². The average Bonchev–Trinajstić information content (AvgIpc) is 3.05. The van der Waals surface area contributed by atoms with Crippen LogP contribution in [0.5, 0.6) is 0 Å². The van der Waals surface area contributed by atoms with Gasteiger partial charge in [-0.2, -0.15) is 5.26 Å². The highest BCUT2D eigenvalue weighted by Crippen LogP contribution is 2.35. The number of rotatable bonds is 6. The fraction of sp³-hybridized carbons (Fsp3) is 0.368. The molecule has 132 valence electrons. The van der Waals surface area contributed by atoms with Crippen LogP contribution in [-0.2, 0) is 21.3 Å². The van der Waals surface area contributed by atoms with Crippen molar-refractivity contribution in [1.29, 1.82) is 5.26 Å². The number of nitrogens with zero attached hydrogens (tertiary/aromatic N) is 1. The SMILES string of the molecule is CC(CC=O)(NS(=O)C(C)(C)C)c1cc(-c2cccc(C#N)c2)cs1. The molecule has 25 heavy (non-hydrogen) atoms.